The number of hydrogen-bond donors (Lipinski definition) is 1. The lowest BCUT2D eigenvalue weighted by Crippen LogP contribution is -2.56. The standard InChI is InChI=1S/C23H26FNO3/c1-28-17-11-9-16(10-12-17)21-19-7-4-5-13-23(19,27)14-15-25(21)22(26)18-6-2-3-8-20(18)24/h2-3,6,8-12,19,21,27H,4-5,7,13-15H2,1H3/t19-,21+,23+/m0/s1. The van der Waals surface area contributed by atoms with E-state index in [1.807, 2.05) is 24.3 Å². The zero-order valence-electron chi connectivity index (χ0n) is 16.1. The second kappa shape index (κ2) is 7.55. The molecule has 0 spiro atoms. The van der Waals surface area contributed by atoms with Gasteiger partial charge in [0.15, 0.2) is 0 Å². The number of carbonyl (C=O) groups excluding carboxylic acids is 1. The predicted octanol–water partition coefficient (Wildman–Crippen LogP) is 4.34. The Balaban J connectivity index is 1.75. The number of ether oxygens (including phenoxy) is 1. The predicted molar refractivity (Wildman–Crippen MR) is 105 cm³/mol. The van der Waals surface area contributed by atoms with Gasteiger partial charge in [-0.1, -0.05) is 37.1 Å². The topological polar surface area (TPSA) is 49.8 Å². The zero-order chi connectivity index (χ0) is 19.7. The highest BCUT2D eigenvalue weighted by atomic mass is 19.1. The number of hydrogen-bond acceptors (Lipinski definition) is 3. The van der Waals surface area contributed by atoms with Gasteiger partial charge in [0, 0.05) is 12.5 Å². The molecule has 4 nitrogen and oxygen atoms in total. The van der Waals surface area contributed by atoms with Crippen molar-refractivity contribution in [3.05, 3.63) is 65.5 Å². The van der Waals surface area contributed by atoms with Crippen LogP contribution in [0.25, 0.3) is 0 Å². The molecule has 4 rings (SSSR count). The monoisotopic (exact) mass is 383 g/mol. The van der Waals surface area contributed by atoms with Gasteiger partial charge < -0.3 is 14.7 Å². The highest BCUT2D eigenvalue weighted by molar-refractivity contribution is 5.95. The molecule has 1 amide bonds. The van der Waals surface area contributed by atoms with Crippen LogP contribution in [0.5, 0.6) is 5.75 Å². The van der Waals surface area contributed by atoms with Gasteiger partial charge in [-0.3, -0.25) is 4.79 Å². The van der Waals surface area contributed by atoms with Gasteiger partial charge in [0.2, 0.25) is 0 Å². The van der Waals surface area contributed by atoms with Crippen LogP contribution in [0, 0.1) is 11.7 Å². The maximum Gasteiger partial charge on any atom is 0.257 e. The van der Waals surface area contributed by atoms with Gasteiger partial charge in [-0.15, -0.1) is 0 Å². The summed E-state index contributed by atoms with van der Waals surface area (Å²) in [5.41, 5.74) is 0.271. The van der Waals surface area contributed by atoms with Gasteiger partial charge in [0.1, 0.15) is 11.6 Å². The Bertz CT molecular complexity index is 853. The van der Waals surface area contributed by atoms with E-state index >= 15 is 0 Å². The first-order valence-electron chi connectivity index (χ1n) is 9.95. The number of benzene rings is 2. The van der Waals surface area contributed by atoms with E-state index in [4.69, 9.17) is 4.74 Å². The fraction of sp³-hybridized carbons (Fsp3) is 0.435. The van der Waals surface area contributed by atoms with E-state index in [2.05, 4.69) is 0 Å². The van der Waals surface area contributed by atoms with E-state index in [1.165, 1.54) is 12.1 Å². The lowest BCUT2D eigenvalue weighted by molar-refractivity contribution is -0.115. The maximum absolute atomic E-state index is 14.3. The second-order valence-corrected chi connectivity index (χ2v) is 7.90. The van der Waals surface area contributed by atoms with Crippen molar-refractivity contribution in [3.8, 4) is 5.75 Å². The van der Waals surface area contributed by atoms with E-state index in [-0.39, 0.29) is 23.4 Å². The summed E-state index contributed by atoms with van der Waals surface area (Å²) in [6, 6.07) is 13.5. The third kappa shape index (κ3) is 3.28. The number of methoxy groups -OCH3 is 1. The quantitative estimate of drug-likeness (QED) is 0.858. The van der Waals surface area contributed by atoms with Crippen molar-refractivity contribution in [2.75, 3.05) is 13.7 Å². The highest BCUT2D eigenvalue weighted by Gasteiger charge is 2.50. The van der Waals surface area contributed by atoms with Crippen LogP contribution in [0.4, 0.5) is 4.39 Å². The van der Waals surface area contributed by atoms with E-state index in [1.54, 1.807) is 24.1 Å². The molecule has 2 fully saturated rings. The molecule has 1 N–H and O–H groups in total. The fourth-order valence-corrected chi connectivity index (χ4v) is 4.91. The first-order chi connectivity index (χ1) is 13.5. The van der Waals surface area contributed by atoms with Crippen LogP contribution in [0.15, 0.2) is 48.5 Å². The van der Waals surface area contributed by atoms with Crippen molar-refractivity contribution in [2.24, 2.45) is 5.92 Å². The third-order valence-corrected chi connectivity index (χ3v) is 6.39. The maximum atomic E-state index is 14.3. The van der Waals surface area contributed by atoms with Gasteiger partial charge >= 0.3 is 0 Å². The number of piperidine rings is 1. The summed E-state index contributed by atoms with van der Waals surface area (Å²) in [6.07, 6.45) is 4.18. The van der Waals surface area contributed by atoms with Crippen LogP contribution in [-0.2, 0) is 0 Å². The summed E-state index contributed by atoms with van der Waals surface area (Å²) >= 11 is 0. The van der Waals surface area contributed by atoms with Crippen molar-refractivity contribution in [1.29, 1.82) is 0 Å². The molecule has 1 saturated heterocycles. The minimum absolute atomic E-state index is 0.0564. The fourth-order valence-electron chi connectivity index (χ4n) is 4.91. The van der Waals surface area contributed by atoms with Crippen LogP contribution in [0.1, 0.15) is 54.1 Å². The largest absolute Gasteiger partial charge is 0.497 e. The molecule has 1 aliphatic carbocycles. The van der Waals surface area contributed by atoms with Gasteiger partial charge in [-0.05, 0) is 49.1 Å². The van der Waals surface area contributed by atoms with Crippen molar-refractivity contribution in [1.82, 2.24) is 4.90 Å². The van der Waals surface area contributed by atoms with E-state index < -0.39 is 11.4 Å². The molecule has 0 aromatic heterocycles. The molecule has 5 heteroatoms. The van der Waals surface area contributed by atoms with Crippen molar-refractivity contribution >= 4 is 5.91 Å². The molecule has 2 aromatic rings. The average molecular weight is 383 g/mol. The van der Waals surface area contributed by atoms with Gasteiger partial charge in [0.05, 0.1) is 24.3 Å². The van der Waals surface area contributed by atoms with Gasteiger partial charge in [-0.2, -0.15) is 0 Å². The molecular weight excluding hydrogens is 357 g/mol. The summed E-state index contributed by atoms with van der Waals surface area (Å²) in [6.45, 7) is 0.414. The molecule has 1 heterocycles. The molecule has 0 bridgehead atoms. The van der Waals surface area contributed by atoms with Crippen molar-refractivity contribution in [3.63, 3.8) is 0 Å². The first-order valence-corrected chi connectivity index (χ1v) is 9.95. The summed E-state index contributed by atoms with van der Waals surface area (Å²) in [5.74, 6) is -0.137. The average Bonchev–Trinajstić information content (AvgIpc) is 2.72. The summed E-state index contributed by atoms with van der Waals surface area (Å²) < 4.78 is 19.6. The number of nitrogens with zero attached hydrogens (tertiary/aromatic N) is 1. The number of likely N-dealkylation sites (tertiary alicyclic amines) is 1. The normalized spacial score (nSPS) is 27.2. The lowest BCUT2D eigenvalue weighted by atomic mass is 9.66. The van der Waals surface area contributed by atoms with E-state index in [0.717, 1.165) is 37.0 Å². The van der Waals surface area contributed by atoms with Crippen LogP contribution >= 0.6 is 0 Å². The Morgan fingerprint density at radius 3 is 2.61 bits per heavy atom. The Morgan fingerprint density at radius 2 is 1.89 bits per heavy atom. The summed E-state index contributed by atoms with van der Waals surface area (Å²) in [4.78, 5) is 15.0. The molecular formula is C23H26FNO3. The SMILES string of the molecule is COc1ccc([C@@H]2[C@@H]3CCCC[C@@]3(O)CCN2C(=O)c2ccccc2F)cc1. The molecule has 148 valence electrons. The number of rotatable bonds is 3. The molecule has 1 saturated carbocycles. The van der Waals surface area contributed by atoms with Gasteiger partial charge in [-0.25, -0.2) is 4.39 Å². The molecule has 2 aromatic carbocycles. The number of fused-ring (bicyclic) bond motifs is 1. The summed E-state index contributed by atoms with van der Waals surface area (Å²) in [5, 5.41) is 11.3. The van der Waals surface area contributed by atoms with Gasteiger partial charge in [0.25, 0.3) is 5.91 Å². The van der Waals surface area contributed by atoms with Crippen LogP contribution in [0.3, 0.4) is 0 Å². The second-order valence-electron chi connectivity index (χ2n) is 7.90. The molecule has 0 unspecified atom stereocenters. The Labute approximate surface area is 164 Å². The Hall–Kier alpha value is -2.40. The van der Waals surface area contributed by atoms with E-state index in [0.29, 0.717) is 13.0 Å². The number of halogens is 1. The smallest absolute Gasteiger partial charge is 0.257 e. The number of carbonyl (C=O) groups is 1. The zero-order valence-corrected chi connectivity index (χ0v) is 16.1. The highest BCUT2D eigenvalue weighted by Crippen LogP contribution is 2.49. The summed E-state index contributed by atoms with van der Waals surface area (Å²) in [7, 11) is 1.61. The molecule has 0 radical (unpaired) electrons. The lowest BCUT2D eigenvalue weighted by Gasteiger charge is -2.52. The number of amides is 1. The minimum Gasteiger partial charge on any atom is -0.497 e. The van der Waals surface area contributed by atoms with E-state index in [9.17, 15) is 14.3 Å². The van der Waals surface area contributed by atoms with Crippen LogP contribution in [0.2, 0.25) is 0 Å². The molecule has 28 heavy (non-hydrogen) atoms. The molecule has 1 aliphatic heterocycles. The van der Waals surface area contributed by atoms with Crippen LogP contribution < -0.4 is 4.74 Å². The molecule has 2 aliphatic rings. The Morgan fingerprint density at radius 1 is 1.14 bits per heavy atom. The van der Waals surface area contributed by atoms with Crippen molar-refractivity contribution < 1.29 is 19.0 Å². The Kier molecular flexibility index (Phi) is 5.11. The van der Waals surface area contributed by atoms with Crippen LogP contribution in [-0.4, -0.2) is 35.2 Å². The third-order valence-electron chi connectivity index (χ3n) is 6.39. The molecule has 3 atom stereocenters. The number of aliphatic hydroxyl groups is 1. The first kappa shape index (κ1) is 18.9. The minimum atomic E-state index is -0.769. The van der Waals surface area contributed by atoms with Crippen molar-refractivity contribution in [2.45, 2.75) is 43.7 Å².